The van der Waals surface area contributed by atoms with Gasteiger partial charge in [0.15, 0.2) is 0 Å². The summed E-state index contributed by atoms with van der Waals surface area (Å²) in [6.07, 6.45) is 12.1. The fraction of sp³-hybridized carbons (Fsp3) is 0.478. The summed E-state index contributed by atoms with van der Waals surface area (Å²) in [6, 6.07) is 4.23. The topological polar surface area (TPSA) is 72.1 Å². The van der Waals surface area contributed by atoms with Gasteiger partial charge in [0.1, 0.15) is 0 Å². The first-order chi connectivity index (χ1) is 15.2. The van der Waals surface area contributed by atoms with Crippen LogP contribution in [0, 0.1) is 5.92 Å². The van der Waals surface area contributed by atoms with Crippen LogP contribution in [0.15, 0.2) is 54.2 Å². The fourth-order valence-corrected chi connectivity index (χ4v) is 5.06. The lowest BCUT2D eigenvalue weighted by atomic mass is 9.83. The molecular weight excluding hydrogens is 390 g/mol. The normalized spacial score (nSPS) is 20.7. The Kier molecular flexibility index (Phi) is 5.65. The molecule has 2 aliphatic heterocycles. The third kappa shape index (κ3) is 4.45. The SMILES string of the molecule is CN(CCn1ccnc1)Cc1ccc2n(c1=O)C[C@H]1C[C@@H]2CN(Cc2cnccn2)C1. The zero-order valence-corrected chi connectivity index (χ0v) is 18.0. The minimum absolute atomic E-state index is 0.184. The summed E-state index contributed by atoms with van der Waals surface area (Å²) in [5.74, 6) is 0.916. The molecule has 1 saturated heterocycles. The predicted molar refractivity (Wildman–Crippen MR) is 117 cm³/mol. The Morgan fingerprint density at radius 2 is 2.06 bits per heavy atom. The van der Waals surface area contributed by atoms with E-state index in [4.69, 9.17) is 0 Å². The largest absolute Gasteiger partial charge is 0.336 e. The number of likely N-dealkylation sites (N-methyl/N-ethyl adjacent to an activating group) is 1. The number of rotatable bonds is 7. The molecule has 0 unspecified atom stereocenters. The van der Waals surface area contributed by atoms with Crippen molar-refractivity contribution in [2.45, 2.75) is 38.5 Å². The Labute approximate surface area is 182 Å². The van der Waals surface area contributed by atoms with Gasteiger partial charge < -0.3 is 14.0 Å². The molecule has 0 saturated carbocycles. The van der Waals surface area contributed by atoms with E-state index >= 15 is 0 Å². The van der Waals surface area contributed by atoms with Crippen LogP contribution >= 0.6 is 0 Å². The highest BCUT2D eigenvalue weighted by atomic mass is 16.1. The van der Waals surface area contributed by atoms with Crippen LogP contribution in [-0.2, 0) is 26.2 Å². The average Bonchev–Trinajstić information content (AvgIpc) is 3.29. The molecular formula is C23H29N7O. The van der Waals surface area contributed by atoms with E-state index in [0.29, 0.717) is 18.4 Å². The molecule has 0 aromatic carbocycles. The Morgan fingerprint density at radius 3 is 2.87 bits per heavy atom. The van der Waals surface area contributed by atoms with E-state index in [1.807, 2.05) is 24.8 Å². The van der Waals surface area contributed by atoms with Crippen molar-refractivity contribution in [3.8, 4) is 0 Å². The molecule has 8 nitrogen and oxygen atoms in total. The van der Waals surface area contributed by atoms with Gasteiger partial charge in [-0.2, -0.15) is 0 Å². The van der Waals surface area contributed by atoms with Crippen LogP contribution in [0.5, 0.6) is 0 Å². The first-order valence-corrected chi connectivity index (χ1v) is 11.0. The maximum atomic E-state index is 13.3. The number of imidazole rings is 1. The molecule has 0 radical (unpaired) electrons. The number of fused-ring (bicyclic) bond motifs is 4. The van der Waals surface area contributed by atoms with Gasteiger partial charge in [-0.25, -0.2) is 4.98 Å². The quantitative estimate of drug-likeness (QED) is 0.579. The molecule has 3 aromatic heterocycles. The lowest BCUT2D eigenvalue weighted by Crippen LogP contribution is -2.47. The van der Waals surface area contributed by atoms with Gasteiger partial charge in [-0.3, -0.25) is 19.7 Å². The van der Waals surface area contributed by atoms with Crippen LogP contribution in [0.1, 0.15) is 29.3 Å². The summed E-state index contributed by atoms with van der Waals surface area (Å²) in [5, 5.41) is 0. The average molecular weight is 420 g/mol. The van der Waals surface area contributed by atoms with Crippen LogP contribution in [0.25, 0.3) is 0 Å². The summed E-state index contributed by atoms with van der Waals surface area (Å²) in [6.45, 7) is 6.03. The van der Waals surface area contributed by atoms with E-state index in [-0.39, 0.29) is 5.56 Å². The van der Waals surface area contributed by atoms with Crippen molar-refractivity contribution in [3.63, 3.8) is 0 Å². The summed E-state index contributed by atoms with van der Waals surface area (Å²) >= 11 is 0. The molecule has 0 N–H and O–H groups in total. The Morgan fingerprint density at radius 1 is 1.13 bits per heavy atom. The van der Waals surface area contributed by atoms with Gasteiger partial charge in [-0.05, 0) is 25.5 Å². The molecule has 2 aliphatic rings. The molecule has 0 spiro atoms. The van der Waals surface area contributed by atoms with Crippen molar-refractivity contribution in [1.82, 2.24) is 33.9 Å². The summed E-state index contributed by atoms with van der Waals surface area (Å²) < 4.78 is 4.11. The van der Waals surface area contributed by atoms with Gasteiger partial charge in [0.2, 0.25) is 0 Å². The monoisotopic (exact) mass is 419 g/mol. The number of hydrogen-bond donors (Lipinski definition) is 0. The maximum absolute atomic E-state index is 13.3. The van der Waals surface area contributed by atoms with Crippen LogP contribution in [-0.4, -0.2) is 60.6 Å². The highest BCUT2D eigenvalue weighted by Crippen LogP contribution is 2.35. The summed E-state index contributed by atoms with van der Waals surface area (Å²) in [7, 11) is 2.07. The van der Waals surface area contributed by atoms with Gasteiger partial charge in [-0.1, -0.05) is 6.07 Å². The molecule has 31 heavy (non-hydrogen) atoms. The van der Waals surface area contributed by atoms with E-state index in [1.54, 1.807) is 18.6 Å². The van der Waals surface area contributed by atoms with Crippen LogP contribution in [0.2, 0.25) is 0 Å². The van der Waals surface area contributed by atoms with Crippen molar-refractivity contribution in [2.24, 2.45) is 5.92 Å². The second-order valence-electron chi connectivity index (χ2n) is 8.93. The zero-order valence-electron chi connectivity index (χ0n) is 18.0. The smallest absolute Gasteiger partial charge is 0.255 e. The van der Waals surface area contributed by atoms with Crippen molar-refractivity contribution < 1.29 is 0 Å². The molecule has 2 atom stereocenters. The fourth-order valence-electron chi connectivity index (χ4n) is 5.06. The van der Waals surface area contributed by atoms with Crippen LogP contribution < -0.4 is 5.56 Å². The number of nitrogens with zero attached hydrogens (tertiary/aromatic N) is 7. The predicted octanol–water partition coefficient (Wildman–Crippen LogP) is 1.59. The van der Waals surface area contributed by atoms with Gasteiger partial charge >= 0.3 is 0 Å². The minimum atomic E-state index is 0.184. The Hall–Kier alpha value is -2.84. The second kappa shape index (κ2) is 8.72. The van der Waals surface area contributed by atoms with E-state index in [0.717, 1.165) is 50.5 Å². The van der Waals surface area contributed by atoms with Crippen molar-refractivity contribution in [2.75, 3.05) is 26.7 Å². The molecule has 5 rings (SSSR count). The standard InChI is InChI=1S/C23H29N7O/c1-27(8-9-28-7-6-25-17-28)14-19-2-3-22-20-10-18(13-30(22)23(19)31)12-29(15-20)16-21-11-24-4-5-26-21/h2-7,11,17-18,20H,8-10,12-16H2,1H3/t18-,20+/m0/s1. The number of likely N-dealkylation sites (tertiary alicyclic amines) is 1. The first kappa shape index (κ1) is 20.1. The molecule has 2 bridgehead atoms. The van der Waals surface area contributed by atoms with Gasteiger partial charge in [0.05, 0.1) is 12.0 Å². The number of aromatic nitrogens is 5. The molecule has 162 valence electrons. The molecule has 8 heteroatoms. The van der Waals surface area contributed by atoms with E-state index in [1.165, 1.54) is 12.1 Å². The molecule has 3 aromatic rings. The van der Waals surface area contributed by atoms with Gasteiger partial charge in [0.25, 0.3) is 5.56 Å². The van der Waals surface area contributed by atoms with E-state index < -0.39 is 0 Å². The molecule has 0 amide bonds. The maximum Gasteiger partial charge on any atom is 0.255 e. The summed E-state index contributed by atoms with van der Waals surface area (Å²) in [4.78, 5) is 30.6. The van der Waals surface area contributed by atoms with Gasteiger partial charge in [0, 0.05) is 94.0 Å². The minimum Gasteiger partial charge on any atom is -0.336 e. The number of piperidine rings is 1. The summed E-state index contributed by atoms with van der Waals surface area (Å²) in [5.41, 5.74) is 3.26. The molecule has 5 heterocycles. The number of pyridine rings is 1. The highest BCUT2D eigenvalue weighted by molar-refractivity contribution is 5.22. The molecule has 0 aliphatic carbocycles. The van der Waals surface area contributed by atoms with Gasteiger partial charge in [-0.15, -0.1) is 0 Å². The zero-order chi connectivity index (χ0) is 21.2. The molecule has 1 fully saturated rings. The van der Waals surface area contributed by atoms with Crippen molar-refractivity contribution in [3.05, 3.63) is 76.7 Å². The highest BCUT2D eigenvalue weighted by Gasteiger charge is 2.35. The lowest BCUT2D eigenvalue weighted by molar-refractivity contribution is 0.113. The van der Waals surface area contributed by atoms with Crippen LogP contribution in [0.3, 0.4) is 0 Å². The van der Waals surface area contributed by atoms with E-state index in [2.05, 4.69) is 47.0 Å². The lowest BCUT2D eigenvalue weighted by Gasteiger charge is -2.42. The van der Waals surface area contributed by atoms with Crippen molar-refractivity contribution >= 4 is 0 Å². The second-order valence-corrected chi connectivity index (χ2v) is 8.93. The number of hydrogen-bond acceptors (Lipinski definition) is 6. The van der Waals surface area contributed by atoms with Crippen molar-refractivity contribution in [1.29, 1.82) is 0 Å². The Balaban J connectivity index is 1.27. The third-order valence-electron chi connectivity index (χ3n) is 6.50. The van der Waals surface area contributed by atoms with Crippen LogP contribution in [0.4, 0.5) is 0 Å². The van der Waals surface area contributed by atoms with E-state index in [9.17, 15) is 4.79 Å². The third-order valence-corrected chi connectivity index (χ3v) is 6.50. The Bertz CT molecular complexity index is 1060. The first-order valence-electron chi connectivity index (χ1n) is 11.0.